The zero-order valence-electron chi connectivity index (χ0n) is 19.5. The fourth-order valence-electron chi connectivity index (χ4n) is 4.72. The summed E-state index contributed by atoms with van der Waals surface area (Å²) in [5.74, 6) is -2.05. The first kappa shape index (κ1) is 23.6. The van der Waals surface area contributed by atoms with E-state index in [4.69, 9.17) is 9.47 Å². The van der Waals surface area contributed by atoms with Gasteiger partial charge >= 0.3 is 0 Å². The van der Waals surface area contributed by atoms with Crippen molar-refractivity contribution < 1.29 is 33.0 Å². The lowest BCUT2D eigenvalue weighted by molar-refractivity contribution is -0.121. The molecule has 0 unspecified atom stereocenters. The van der Waals surface area contributed by atoms with Crippen molar-refractivity contribution in [3.05, 3.63) is 82.9 Å². The Morgan fingerprint density at radius 3 is 2.64 bits per heavy atom. The van der Waals surface area contributed by atoms with Crippen molar-refractivity contribution in [3.8, 4) is 23.0 Å². The van der Waals surface area contributed by atoms with Crippen LogP contribution in [0.2, 0.25) is 0 Å². The van der Waals surface area contributed by atoms with Crippen LogP contribution in [0.25, 0.3) is 0 Å². The number of amides is 2. The van der Waals surface area contributed by atoms with E-state index in [0.717, 1.165) is 23.3 Å². The fraction of sp³-hybridized carbons (Fsp3) is 0.259. The van der Waals surface area contributed by atoms with Crippen LogP contribution in [0.1, 0.15) is 33.8 Å². The number of nitrogens with zero attached hydrogens (tertiary/aromatic N) is 1. The number of hydrogen-bond donors (Lipinski definition) is 2. The molecule has 5 rings (SSSR count). The molecule has 3 aromatic carbocycles. The molecule has 0 aromatic heterocycles. The van der Waals surface area contributed by atoms with Crippen LogP contribution in [-0.2, 0) is 11.2 Å². The van der Waals surface area contributed by atoms with Gasteiger partial charge in [-0.3, -0.25) is 9.59 Å². The molecule has 3 aromatic rings. The molecular weight excluding hydrogens is 470 g/mol. The first-order valence-corrected chi connectivity index (χ1v) is 11.5. The molecule has 0 radical (unpaired) electrons. The molecule has 0 saturated carbocycles. The highest BCUT2D eigenvalue weighted by Gasteiger charge is 2.38. The Labute approximate surface area is 206 Å². The number of nitrogens with one attached hydrogen (secondary N) is 1. The van der Waals surface area contributed by atoms with Gasteiger partial charge in [0.25, 0.3) is 5.91 Å². The van der Waals surface area contributed by atoms with Crippen molar-refractivity contribution in [2.75, 3.05) is 20.2 Å². The zero-order valence-corrected chi connectivity index (χ0v) is 19.5. The second-order valence-corrected chi connectivity index (χ2v) is 8.93. The number of halogens is 2. The van der Waals surface area contributed by atoms with Gasteiger partial charge in [-0.15, -0.1) is 0 Å². The number of likely N-dealkylation sites (tertiary alicyclic amines) is 1. The number of rotatable bonds is 2. The summed E-state index contributed by atoms with van der Waals surface area (Å²) in [7, 11) is 1.51. The maximum absolute atomic E-state index is 13.8. The molecule has 2 aliphatic heterocycles. The number of hydrogen-bond acceptors (Lipinski definition) is 5. The predicted molar refractivity (Wildman–Crippen MR) is 126 cm³/mol. The highest BCUT2D eigenvalue weighted by molar-refractivity contribution is 5.94. The number of aromatic hydroxyl groups is 1. The summed E-state index contributed by atoms with van der Waals surface area (Å²) in [6, 6.07) is 12.9. The van der Waals surface area contributed by atoms with Gasteiger partial charge in [-0.05, 0) is 60.0 Å². The molecule has 9 heteroatoms. The molecule has 36 heavy (non-hydrogen) atoms. The summed E-state index contributed by atoms with van der Waals surface area (Å²) in [5.41, 5.74) is 1.62. The van der Waals surface area contributed by atoms with Crippen molar-refractivity contribution in [2.24, 2.45) is 0 Å². The Morgan fingerprint density at radius 2 is 1.86 bits per heavy atom. The van der Waals surface area contributed by atoms with Crippen LogP contribution in [0.5, 0.6) is 23.0 Å². The lowest BCUT2D eigenvalue weighted by atomic mass is 9.93. The predicted octanol–water partition coefficient (Wildman–Crippen LogP) is 4.14. The third-order valence-corrected chi connectivity index (χ3v) is 6.62. The number of carbonyl (C=O) groups is 2. The average Bonchev–Trinajstić information content (AvgIpc) is 3.28. The summed E-state index contributed by atoms with van der Waals surface area (Å²) in [6.07, 6.45) is 0.623. The summed E-state index contributed by atoms with van der Waals surface area (Å²) in [5, 5.41) is 13.4. The third kappa shape index (κ3) is 4.56. The van der Waals surface area contributed by atoms with E-state index in [2.05, 4.69) is 5.32 Å². The smallest absolute Gasteiger partial charge is 0.254 e. The number of aryl methyl sites for hydroxylation is 1. The second kappa shape index (κ2) is 9.49. The molecule has 186 valence electrons. The van der Waals surface area contributed by atoms with Crippen molar-refractivity contribution in [1.82, 2.24) is 10.2 Å². The van der Waals surface area contributed by atoms with E-state index < -0.39 is 23.6 Å². The van der Waals surface area contributed by atoms with Gasteiger partial charge in [0.1, 0.15) is 0 Å². The summed E-state index contributed by atoms with van der Waals surface area (Å²) in [6.45, 7) is 0.443. The SMILES string of the molecule is COc1ccc2cc1Oc1cc(ccc1O)CCC(=O)N[C@@H]1CN(C(=O)c3ccc(F)c(F)c3)C[C@@H]21. The summed E-state index contributed by atoms with van der Waals surface area (Å²) in [4.78, 5) is 27.5. The van der Waals surface area contributed by atoms with Gasteiger partial charge in [-0.1, -0.05) is 12.1 Å². The highest BCUT2D eigenvalue weighted by Crippen LogP contribution is 2.40. The van der Waals surface area contributed by atoms with Crippen LogP contribution in [0.15, 0.2) is 54.6 Å². The van der Waals surface area contributed by atoms with Gasteiger partial charge < -0.3 is 24.8 Å². The van der Waals surface area contributed by atoms with E-state index in [1.807, 2.05) is 6.07 Å². The number of benzene rings is 3. The van der Waals surface area contributed by atoms with Gasteiger partial charge in [0.2, 0.25) is 5.91 Å². The van der Waals surface area contributed by atoms with Gasteiger partial charge in [-0.2, -0.15) is 0 Å². The van der Waals surface area contributed by atoms with E-state index in [0.29, 0.717) is 17.9 Å². The number of phenols is 1. The lowest BCUT2D eigenvalue weighted by Gasteiger charge is -2.21. The number of methoxy groups -OCH3 is 1. The number of carbonyl (C=O) groups excluding carboxylic acids is 2. The Kier molecular flexibility index (Phi) is 6.22. The molecule has 2 amide bonds. The van der Waals surface area contributed by atoms with E-state index in [9.17, 15) is 23.5 Å². The van der Waals surface area contributed by atoms with E-state index in [1.54, 1.807) is 24.3 Å². The molecule has 7 nitrogen and oxygen atoms in total. The Hall–Kier alpha value is -4.14. The Bertz CT molecular complexity index is 1350. The maximum Gasteiger partial charge on any atom is 0.254 e. The topological polar surface area (TPSA) is 88.1 Å². The minimum atomic E-state index is -1.10. The van der Waals surface area contributed by atoms with Crippen molar-refractivity contribution in [1.29, 1.82) is 0 Å². The van der Waals surface area contributed by atoms with Gasteiger partial charge in [0, 0.05) is 31.0 Å². The number of ether oxygens (including phenoxy) is 2. The molecule has 1 saturated heterocycles. The molecule has 2 atom stereocenters. The van der Waals surface area contributed by atoms with Crippen molar-refractivity contribution in [2.45, 2.75) is 24.8 Å². The second-order valence-electron chi connectivity index (χ2n) is 8.93. The molecule has 1 fully saturated rings. The first-order valence-electron chi connectivity index (χ1n) is 11.5. The molecular formula is C27H24F2N2O5. The third-order valence-electron chi connectivity index (χ3n) is 6.62. The van der Waals surface area contributed by atoms with Crippen molar-refractivity contribution >= 4 is 11.8 Å². The van der Waals surface area contributed by atoms with Crippen LogP contribution in [0, 0.1) is 11.6 Å². The minimum Gasteiger partial charge on any atom is -0.504 e. The Morgan fingerprint density at radius 1 is 1.03 bits per heavy atom. The normalized spacial score (nSPS) is 19.2. The van der Waals surface area contributed by atoms with Crippen LogP contribution >= 0.6 is 0 Å². The molecule has 0 aliphatic carbocycles. The molecule has 2 N–H and O–H groups in total. The van der Waals surface area contributed by atoms with Gasteiger partial charge in [0.15, 0.2) is 34.6 Å². The molecule has 4 bridgehead atoms. The minimum absolute atomic E-state index is 0.0294. The zero-order chi connectivity index (χ0) is 25.4. The van der Waals surface area contributed by atoms with E-state index in [-0.39, 0.29) is 48.4 Å². The molecule has 2 heterocycles. The fourth-order valence-corrected chi connectivity index (χ4v) is 4.72. The number of fused-ring (bicyclic) bond motifs is 6. The first-order chi connectivity index (χ1) is 17.3. The van der Waals surface area contributed by atoms with Crippen LogP contribution in [-0.4, -0.2) is 48.1 Å². The summed E-state index contributed by atoms with van der Waals surface area (Å²) >= 11 is 0. The van der Waals surface area contributed by atoms with Crippen LogP contribution in [0.4, 0.5) is 8.78 Å². The van der Waals surface area contributed by atoms with Gasteiger partial charge in [0.05, 0.1) is 13.2 Å². The highest BCUT2D eigenvalue weighted by atomic mass is 19.2. The van der Waals surface area contributed by atoms with E-state index in [1.165, 1.54) is 24.1 Å². The Balaban J connectivity index is 1.52. The summed E-state index contributed by atoms with van der Waals surface area (Å²) < 4.78 is 38.6. The standard InChI is InChI=1S/C27H24F2N2O5/c1-35-23-8-5-16-12-25(23)36-24-10-15(2-7-22(24)32)3-9-26(33)30-21-14-31(13-18(16)21)27(34)17-4-6-19(28)20(29)11-17/h2,4-8,10-12,18,21,32H,3,9,13-14H2,1H3,(H,30,33)/t18-,21+/m0/s1. The average molecular weight is 494 g/mol. The monoisotopic (exact) mass is 494 g/mol. The largest absolute Gasteiger partial charge is 0.504 e. The van der Waals surface area contributed by atoms with Crippen LogP contribution < -0.4 is 14.8 Å². The lowest BCUT2D eigenvalue weighted by Crippen LogP contribution is -2.40. The maximum atomic E-state index is 13.8. The number of phenolic OH excluding ortho intramolecular Hbond substituents is 1. The molecule has 2 aliphatic rings. The van der Waals surface area contributed by atoms with E-state index >= 15 is 0 Å². The quantitative estimate of drug-likeness (QED) is 0.559. The van der Waals surface area contributed by atoms with Gasteiger partial charge in [-0.25, -0.2) is 8.78 Å². The molecule has 0 spiro atoms. The van der Waals surface area contributed by atoms with Crippen molar-refractivity contribution in [3.63, 3.8) is 0 Å². The van der Waals surface area contributed by atoms with Crippen LogP contribution in [0.3, 0.4) is 0 Å².